The fourth-order valence-corrected chi connectivity index (χ4v) is 2.23. The van der Waals surface area contributed by atoms with Gasteiger partial charge in [-0.3, -0.25) is 9.88 Å². The van der Waals surface area contributed by atoms with Gasteiger partial charge in [0.05, 0.1) is 6.54 Å². The average Bonchev–Trinajstić information content (AvgIpc) is 3.05. The molecule has 0 saturated carbocycles. The summed E-state index contributed by atoms with van der Waals surface area (Å²) < 4.78 is 37.0. The second-order valence-electron chi connectivity index (χ2n) is 5.37. The number of hydrogen-bond acceptors (Lipinski definition) is 6. The molecule has 1 N–H and O–H groups in total. The lowest BCUT2D eigenvalue weighted by atomic mass is 10.1. The van der Waals surface area contributed by atoms with Crippen LogP contribution in [0.5, 0.6) is 0 Å². The summed E-state index contributed by atoms with van der Waals surface area (Å²) in [4.78, 5) is 19.9. The number of pyridine rings is 1. The molecule has 2 aromatic heterocycles. The number of rotatable bonds is 3. The Labute approximate surface area is 141 Å². The number of aliphatic carboxylic acids is 1. The second kappa shape index (κ2) is 8.56. The van der Waals surface area contributed by atoms with Crippen LogP contribution in [0.3, 0.4) is 0 Å². The van der Waals surface area contributed by atoms with Crippen LogP contribution in [0.2, 0.25) is 0 Å². The molecule has 10 heteroatoms. The third-order valence-electron chi connectivity index (χ3n) is 3.41. The van der Waals surface area contributed by atoms with Crippen LogP contribution in [0, 0.1) is 0 Å². The number of halogens is 3. The maximum atomic E-state index is 10.6. The van der Waals surface area contributed by atoms with Crippen LogP contribution in [-0.2, 0) is 11.3 Å². The molecule has 136 valence electrons. The van der Waals surface area contributed by atoms with E-state index in [1.54, 1.807) is 6.20 Å². The Morgan fingerprint density at radius 3 is 2.48 bits per heavy atom. The lowest BCUT2D eigenvalue weighted by Gasteiger charge is -2.24. The Kier molecular flexibility index (Phi) is 6.45. The van der Waals surface area contributed by atoms with Crippen molar-refractivity contribution in [1.82, 2.24) is 20.0 Å². The number of piperidine rings is 1. The summed E-state index contributed by atoms with van der Waals surface area (Å²) in [7, 11) is 0. The van der Waals surface area contributed by atoms with Gasteiger partial charge in [0, 0.05) is 6.20 Å². The molecule has 0 unspecified atom stereocenters. The van der Waals surface area contributed by atoms with Gasteiger partial charge in [0.1, 0.15) is 5.69 Å². The van der Waals surface area contributed by atoms with Gasteiger partial charge in [-0.25, -0.2) is 4.79 Å². The molecule has 1 saturated heterocycles. The number of likely N-dealkylation sites (tertiary alicyclic amines) is 1. The first-order valence-corrected chi connectivity index (χ1v) is 7.62. The molecule has 0 aliphatic carbocycles. The van der Waals surface area contributed by atoms with Crippen LogP contribution in [0.15, 0.2) is 28.9 Å². The Morgan fingerprint density at radius 2 is 1.92 bits per heavy atom. The third kappa shape index (κ3) is 6.14. The lowest BCUT2D eigenvalue weighted by Crippen LogP contribution is -2.29. The average molecular weight is 358 g/mol. The predicted octanol–water partition coefficient (Wildman–Crippen LogP) is 2.75. The van der Waals surface area contributed by atoms with Crippen LogP contribution in [0.4, 0.5) is 13.2 Å². The molecule has 25 heavy (non-hydrogen) atoms. The fraction of sp³-hybridized carbons (Fsp3) is 0.467. The standard InChI is InChI=1S/C13H16N4O.C2HF3O2/c1-4-8-17(9-5-1)10-12-15-13(16-18-12)11-6-2-3-7-14-11;3-2(4,5)1(6)7/h2-3,6-7H,1,4-5,8-10H2;(H,6,7). The van der Waals surface area contributed by atoms with Crippen LogP contribution < -0.4 is 0 Å². The number of carboxylic acid groups (broad SMARTS) is 1. The van der Waals surface area contributed by atoms with Crippen molar-refractivity contribution < 1.29 is 27.6 Å². The normalized spacial score (nSPS) is 15.3. The number of carbonyl (C=O) groups is 1. The minimum Gasteiger partial charge on any atom is -0.475 e. The minimum atomic E-state index is -5.08. The topological polar surface area (TPSA) is 92.3 Å². The third-order valence-corrected chi connectivity index (χ3v) is 3.41. The summed E-state index contributed by atoms with van der Waals surface area (Å²) in [5, 5.41) is 11.1. The molecule has 3 rings (SSSR count). The van der Waals surface area contributed by atoms with Crippen molar-refractivity contribution in [2.24, 2.45) is 0 Å². The highest BCUT2D eigenvalue weighted by Crippen LogP contribution is 2.15. The first-order valence-electron chi connectivity index (χ1n) is 7.62. The van der Waals surface area contributed by atoms with Crippen molar-refractivity contribution in [3.05, 3.63) is 30.3 Å². The molecule has 1 aliphatic heterocycles. The van der Waals surface area contributed by atoms with Gasteiger partial charge in [0.15, 0.2) is 0 Å². The zero-order valence-electron chi connectivity index (χ0n) is 13.2. The molecule has 0 atom stereocenters. The number of carboxylic acids is 1. The summed E-state index contributed by atoms with van der Waals surface area (Å²) >= 11 is 0. The zero-order chi connectivity index (χ0) is 18.3. The molecule has 0 amide bonds. The Morgan fingerprint density at radius 1 is 1.24 bits per heavy atom. The van der Waals surface area contributed by atoms with Crippen molar-refractivity contribution in [2.45, 2.75) is 32.0 Å². The molecule has 1 aliphatic rings. The van der Waals surface area contributed by atoms with Gasteiger partial charge in [-0.15, -0.1) is 0 Å². The summed E-state index contributed by atoms with van der Waals surface area (Å²) in [5.41, 5.74) is 0.756. The number of aromatic nitrogens is 3. The quantitative estimate of drug-likeness (QED) is 0.902. The molecular formula is C15H17F3N4O3. The highest BCUT2D eigenvalue weighted by Gasteiger charge is 2.38. The number of alkyl halides is 3. The Balaban J connectivity index is 0.000000277. The van der Waals surface area contributed by atoms with Crippen molar-refractivity contribution in [2.75, 3.05) is 13.1 Å². The summed E-state index contributed by atoms with van der Waals surface area (Å²) in [6, 6.07) is 5.68. The molecule has 0 bridgehead atoms. The van der Waals surface area contributed by atoms with Crippen molar-refractivity contribution in [3.63, 3.8) is 0 Å². The highest BCUT2D eigenvalue weighted by molar-refractivity contribution is 5.73. The Hall–Kier alpha value is -2.49. The van der Waals surface area contributed by atoms with Gasteiger partial charge >= 0.3 is 12.1 Å². The van der Waals surface area contributed by atoms with E-state index in [4.69, 9.17) is 14.4 Å². The van der Waals surface area contributed by atoms with E-state index in [9.17, 15) is 13.2 Å². The molecule has 0 radical (unpaired) electrons. The SMILES string of the molecule is O=C(O)C(F)(F)F.c1ccc(-c2noc(CN3CCCCC3)n2)nc1. The van der Waals surface area contributed by atoms with Gasteiger partial charge in [-0.05, 0) is 38.1 Å². The molecule has 3 heterocycles. The van der Waals surface area contributed by atoms with Gasteiger partial charge in [0.2, 0.25) is 11.7 Å². The Bertz CT molecular complexity index is 670. The van der Waals surface area contributed by atoms with Crippen LogP contribution in [0.25, 0.3) is 11.5 Å². The molecule has 0 spiro atoms. The van der Waals surface area contributed by atoms with E-state index in [-0.39, 0.29) is 0 Å². The van der Waals surface area contributed by atoms with Crippen LogP contribution in [0.1, 0.15) is 25.2 Å². The van der Waals surface area contributed by atoms with Crippen molar-refractivity contribution >= 4 is 5.97 Å². The molecule has 2 aromatic rings. The van der Waals surface area contributed by atoms with E-state index in [0.717, 1.165) is 25.3 Å². The predicted molar refractivity (Wildman–Crippen MR) is 80.3 cm³/mol. The summed E-state index contributed by atoms with van der Waals surface area (Å²) in [6.07, 6.45) is 0.512. The highest BCUT2D eigenvalue weighted by atomic mass is 19.4. The van der Waals surface area contributed by atoms with E-state index in [1.807, 2.05) is 18.2 Å². The summed E-state index contributed by atoms with van der Waals surface area (Å²) in [5.74, 6) is -1.51. The first kappa shape index (κ1) is 18.8. The van der Waals surface area contributed by atoms with Gasteiger partial charge in [0.25, 0.3) is 0 Å². The van der Waals surface area contributed by atoms with Crippen molar-refractivity contribution in [1.29, 1.82) is 0 Å². The van der Waals surface area contributed by atoms with Gasteiger partial charge in [-0.1, -0.05) is 17.6 Å². The maximum absolute atomic E-state index is 10.6. The van der Waals surface area contributed by atoms with Crippen LogP contribution >= 0.6 is 0 Å². The van der Waals surface area contributed by atoms with Crippen LogP contribution in [-0.4, -0.2) is 50.4 Å². The van der Waals surface area contributed by atoms with Gasteiger partial charge in [-0.2, -0.15) is 18.2 Å². The van der Waals surface area contributed by atoms with E-state index in [2.05, 4.69) is 20.0 Å². The second-order valence-corrected chi connectivity index (χ2v) is 5.37. The minimum absolute atomic E-state index is 0.572. The first-order chi connectivity index (χ1) is 11.9. The molecule has 7 nitrogen and oxygen atoms in total. The van der Waals surface area contributed by atoms with Crippen molar-refractivity contribution in [3.8, 4) is 11.5 Å². The summed E-state index contributed by atoms with van der Waals surface area (Å²) in [6.45, 7) is 3.00. The van der Waals surface area contributed by atoms with E-state index >= 15 is 0 Å². The largest absolute Gasteiger partial charge is 0.490 e. The zero-order valence-corrected chi connectivity index (χ0v) is 13.2. The molecular weight excluding hydrogens is 341 g/mol. The maximum Gasteiger partial charge on any atom is 0.490 e. The number of nitrogens with zero attached hydrogens (tertiary/aromatic N) is 4. The fourth-order valence-electron chi connectivity index (χ4n) is 2.23. The van der Waals surface area contributed by atoms with Gasteiger partial charge < -0.3 is 9.63 Å². The van der Waals surface area contributed by atoms with E-state index in [0.29, 0.717) is 11.7 Å². The molecule has 1 fully saturated rings. The lowest BCUT2D eigenvalue weighted by molar-refractivity contribution is -0.192. The smallest absolute Gasteiger partial charge is 0.475 e. The van der Waals surface area contributed by atoms with E-state index in [1.165, 1.54) is 19.3 Å². The molecule has 0 aromatic carbocycles. The monoisotopic (exact) mass is 358 g/mol. The van der Waals surface area contributed by atoms with E-state index < -0.39 is 12.1 Å². The number of hydrogen-bond donors (Lipinski definition) is 1.